The zero-order valence-electron chi connectivity index (χ0n) is 16.7. The second kappa shape index (κ2) is 8.55. The summed E-state index contributed by atoms with van der Waals surface area (Å²) in [6, 6.07) is 8.11. The van der Waals surface area contributed by atoms with Crippen LogP contribution in [0.4, 0.5) is 5.82 Å². The van der Waals surface area contributed by atoms with Crippen LogP contribution < -0.4 is 5.32 Å². The smallest absolute Gasteiger partial charge is 0.238 e. The Hall–Kier alpha value is -2.68. The monoisotopic (exact) mass is 399 g/mol. The van der Waals surface area contributed by atoms with E-state index in [1.807, 2.05) is 37.6 Å². The topological polar surface area (TPSA) is 90.5 Å². The fourth-order valence-electron chi connectivity index (χ4n) is 2.82. The highest BCUT2D eigenvalue weighted by atomic mass is 32.2. The van der Waals surface area contributed by atoms with Gasteiger partial charge in [-0.05, 0) is 56.2 Å². The Balaban J connectivity index is 1.74. The first-order valence-corrected chi connectivity index (χ1v) is 10.2. The third kappa shape index (κ3) is 4.24. The fraction of sp³-hybridized carbons (Fsp3) is 0.421. The summed E-state index contributed by atoms with van der Waals surface area (Å²) in [5, 5.41) is 19.5. The minimum absolute atomic E-state index is 0.120. The molecule has 0 saturated carbocycles. The number of carbonyl (C=O) groups excluding carboxylic acids is 1. The molecule has 0 unspecified atom stereocenters. The van der Waals surface area contributed by atoms with E-state index in [4.69, 9.17) is 0 Å². The summed E-state index contributed by atoms with van der Waals surface area (Å²) in [5.41, 5.74) is 3.15. The quantitative estimate of drug-likeness (QED) is 0.611. The van der Waals surface area contributed by atoms with Gasteiger partial charge in [-0.3, -0.25) is 4.79 Å². The molecule has 1 aromatic carbocycles. The van der Waals surface area contributed by atoms with Gasteiger partial charge in [0.1, 0.15) is 5.82 Å². The lowest BCUT2D eigenvalue weighted by Gasteiger charge is -2.16. The van der Waals surface area contributed by atoms with Crippen LogP contribution >= 0.6 is 11.8 Å². The van der Waals surface area contributed by atoms with Crippen molar-refractivity contribution in [2.24, 2.45) is 0 Å². The predicted octanol–water partition coefficient (Wildman–Crippen LogP) is 3.57. The number of nitrogens with one attached hydrogen (secondary N) is 1. The molecular formula is C19H25N7OS. The Morgan fingerprint density at radius 3 is 2.75 bits per heavy atom. The van der Waals surface area contributed by atoms with E-state index >= 15 is 0 Å². The van der Waals surface area contributed by atoms with Gasteiger partial charge in [0.25, 0.3) is 0 Å². The molecule has 148 valence electrons. The van der Waals surface area contributed by atoms with Crippen molar-refractivity contribution >= 4 is 23.5 Å². The van der Waals surface area contributed by atoms with E-state index in [-0.39, 0.29) is 17.2 Å². The highest BCUT2D eigenvalue weighted by molar-refractivity contribution is 8.00. The van der Waals surface area contributed by atoms with Crippen LogP contribution in [0.3, 0.4) is 0 Å². The molecule has 0 aliphatic heterocycles. The van der Waals surface area contributed by atoms with Gasteiger partial charge >= 0.3 is 0 Å². The maximum absolute atomic E-state index is 12.7. The van der Waals surface area contributed by atoms with Crippen molar-refractivity contribution in [1.82, 2.24) is 30.0 Å². The van der Waals surface area contributed by atoms with Crippen molar-refractivity contribution in [3.05, 3.63) is 41.6 Å². The summed E-state index contributed by atoms with van der Waals surface area (Å²) >= 11 is 1.32. The van der Waals surface area contributed by atoms with E-state index < -0.39 is 0 Å². The molecule has 8 nitrogen and oxygen atoms in total. The normalized spacial score (nSPS) is 13.3. The Morgan fingerprint density at radius 2 is 2.04 bits per heavy atom. The molecule has 3 rings (SSSR count). The fourth-order valence-corrected chi connectivity index (χ4v) is 3.62. The summed E-state index contributed by atoms with van der Waals surface area (Å²) in [6.07, 6.45) is 2.62. The summed E-state index contributed by atoms with van der Waals surface area (Å²) in [4.78, 5) is 12.7. The average Bonchev–Trinajstić information content (AvgIpc) is 3.30. The Kier molecular flexibility index (Phi) is 6.13. The van der Waals surface area contributed by atoms with E-state index in [1.54, 1.807) is 16.9 Å². The first kappa shape index (κ1) is 20.1. The highest BCUT2D eigenvalue weighted by Gasteiger charge is 2.21. The molecule has 28 heavy (non-hydrogen) atoms. The van der Waals surface area contributed by atoms with Crippen LogP contribution in [0.15, 0.2) is 35.6 Å². The van der Waals surface area contributed by atoms with Crippen LogP contribution in [-0.4, -0.2) is 41.1 Å². The predicted molar refractivity (Wildman–Crippen MR) is 110 cm³/mol. The average molecular weight is 400 g/mol. The number of carbonyl (C=O) groups is 1. The van der Waals surface area contributed by atoms with Crippen LogP contribution in [0, 0.1) is 13.8 Å². The SMILES string of the molecule is CC[C@@H](C)n1nccc1NC(=O)[C@H](C)Sc1nnnn1-c1ccc(C)cc1C. The minimum Gasteiger partial charge on any atom is -0.310 e. The van der Waals surface area contributed by atoms with Gasteiger partial charge < -0.3 is 5.32 Å². The number of nitrogens with zero attached hydrogens (tertiary/aromatic N) is 6. The third-order valence-corrected chi connectivity index (χ3v) is 5.64. The van der Waals surface area contributed by atoms with Gasteiger partial charge in [0, 0.05) is 6.07 Å². The highest BCUT2D eigenvalue weighted by Crippen LogP contribution is 2.26. The van der Waals surface area contributed by atoms with Gasteiger partial charge in [-0.25, -0.2) is 4.68 Å². The molecule has 1 amide bonds. The number of anilines is 1. The van der Waals surface area contributed by atoms with Crippen molar-refractivity contribution in [2.45, 2.75) is 57.5 Å². The van der Waals surface area contributed by atoms with Gasteiger partial charge in [-0.15, -0.1) is 5.10 Å². The molecule has 2 heterocycles. The largest absolute Gasteiger partial charge is 0.310 e. The molecule has 2 atom stereocenters. The summed E-state index contributed by atoms with van der Waals surface area (Å²) < 4.78 is 3.50. The minimum atomic E-state index is -0.379. The summed E-state index contributed by atoms with van der Waals surface area (Å²) in [7, 11) is 0. The number of amides is 1. The number of rotatable bonds is 7. The number of thioether (sulfide) groups is 1. The summed E-state index contributed by atoms with van der Waals surface area (Å²) in [6.45, 7) is 10.1. The second-order valence-electron chi connectivity index (χ2n) is 6.83. The van der Waals surface area contributed by atoms with E-state index in [9.17, 15) is 4.79 Å². The Labute approximate surface area is 168 Å². The van der Waals surface area contributed by atoms with Crippen LogP contribution in [0.5, 0.6) is 0 Å². The maximum Gasteiger partial charge on any atom is 0.238 e. The zero-order valence-corrected chi connectivity index (χ0v) is 17.6. The van der Waals surface area contributed by atoms with Gasteiger partial charge in [-0.1, -0.05) is 36.4 Å². The van der Waals surface area contributed by atoms with Crippen LogP contribution in [0.25, 0.3) is 5.69 Å². The second-order valence-corrected chi connectivity index (χ2v) is 8.14. The van der Waals surface area contributed by atoms with Crippen molar-refractivity contribution in [3.8, 4) is 5.69 Å². The standard InChI is InChI=1S/C19H25N7OS/c1-6-14(4)25-17(9-10-20-25)21-18(27)15(5)28-19-22-23-24-26(19)16-8-7-12(2)11-13(16)3/h7-11,14-15H,6H2,1-5H3,(H,21,27)/t14-,15+/m1/s1. The van der Waals surface area contributed by atoms with Crippen molar-refractivity contribution < 1.29 is 4.79 Å². The number of benzene rings is 1. The van der Waals surface area contributed by atoms with Crippen LogP contribution in [0.2, 0.25) is 0 Å². The van der Waals surface area contributed by atoms with Gasteiger partial charge in [-0.2, -0.15) is 9.78 Å². The number of aromatic nitrogens is 6. The van der Waals surface area contributed by atoms with Crippen LogP contribution in [-0.2, 0) is 4.79 Å². The first-order chi connectivity index (χ1) is 13.4. The third-order valence-electron chi connectivity index (χ3n) is 4.60. The summed E-state index contributed by atoms with van der Waals surface area (Å²) in [5.74, 6) is 0.575. The number of hydrogen-bond acceptors (Lipinski definition) is 6. The molecule has 0 bridgehead atoms. The lowest BCUT2D eigenvalue weighted by Crippen LogP contribution is -2.25. The Morgan fingerprint density at radius 1 is 1.25 bits per heavy atom. The molecule has 3 aromatic rings. The molecule has 2 aromatic heterocycles. The van der Waals surface area contributed by atoms with Gasteiger partial charge in [0.05, 0.1) is 23.2 Å². The van der Waals surface area contributed by atoms with Crippen molar-refractivity contribution in [2.75, 3.05) is 5.32 Å². The van der Waals surface area contributed by atoms with Crippen molar-refractivity contribution in [3.63, 3.8) is 0 Å². The van der Waals surface area contributed by atoms with E-state index in [1.165, 1.54) is 17.3 Å². The lowest BCUT2D eigenvalue weighted by atomic mass is 10.1. The molecule has 9 heteroatoms. The molecule has 0 spiro atoms. The molecule has 1 N–H and O–H groups in total. The Bertz CT molecular complexity index is 965. The molecule has 0 fully saturated rings. The lowest BCUT2D eigenvalue weighted by molar-refractivity contribution is -0.115. The molecule has 0 aliphatic rings. The molecule has 0 aliphatic carbocycles. The zero-order chi connectivity index (χ0) is 20.3. The van der Waals surface area contributed by atoms with Crippen molar-refractivity contribution in [1.29, 1.82) is 0 Å². The molecular weight excluding hydrogens is 374 g/mol. The number of aryl methyl sites for hydroxylation is 2. The molecule has 0 radical (unpaired) electrons. The van der Waals surface area contributed by atoms with E-state index in [2.05, 4.69) is 45.9 Å². The number of tetrazole rings is 1. The van der Waals surface area contributed by atoms with Gasteiger partial charge in [0.2, 0.25) is 11.1 Å². The number of hydrogen-bond donors (Lipinski definition) is 1. The van der Waals surface area contributed by atoms with Gasteiger partial charge in [0.15, 0.2) is 0 Å². The maximum atomic E-state index is 12.7. The first-order valence-electron chi connectivity index (χ1n) is 9.27. The van der Waals surface area contributed by atoms with Crippen LogP contribution in [0.1, 0.15) is 44.4 Å². The van der Waals surface area contributed by atoms with E-state index in [0.717, 1.165) is 17.7 Å². The van der Waals surface area contributed by atoms with E-state index in [0.29, 0.717) is 11.0 Å². The molecule has 0 saturated heterocycles.